The van der Waals surface area contributed by atoms with Gasteiger partial charge < -0.3 is 20.4 Å². The summed E-state index contributed by atoms with van der Waals surface area (Å²) < 4.78 is 5.45. The quantitative estimate of drug-likeness (QED) is 0.168. The third-order valence-corrected chi connectivity index (χ3v) is 7.46. The highest BCUT2D eigenvalue weighted by atomic mass is 32.2. The average Bonchev–Trinajstić information content (AvgIpc) is 3.37. The summed E-state index contributed by atoms with van der Waals surface area (Å²) >= 11 is 1.56. The van der Waals surface area contributed by atoms with E-state index in [-0.39, 0.29) is 24.5 Å². The molecule has 0 saturated heterocycles. The second-order valence-corrected chi connectivity index (χ2v) is 11.3. The first kappa shape index (κ1) is 29.4. The van der Waals surface area contributed by atoms with Crippen molar-refractivity contribution in [1.29, 1.82) is 0 Å². The molecule has 4 aromatic rings. The van der Waals surface area contributed by atoms with Crippen LogP contribution in [0.3, 0.4) is 0 Å². The highest BCUT2D eigenvalue weighted by Crippen LogP contribution is 2.16. The molecular formula is C32H38N4O3S. The van der Waals surface area contributed by atoms with E-state index in [9.17, 15) is 9.59 Å². The highest BCUT2D eigenvalue weighted by Gasteiger charge is 2.22. The van der Waals surface area contributed by atoms with Gasteiger partial charge in [0.25, 0.3) is 0 Å². The lowest BCUT2D eigenvalue weighted by atomic mass is 10.0. The number of alkyl carbamates (subject to hydrolysis) is 1. The number of para-hydroxylation sites is 2. The molecule has 1 heterocycles. The van der Waals surface area contributed by atoms with E-state index in [0.717, 1.165) is 34.4 Å². The zero-order valence-corrected chi connectivity index (χ0v) is 24.0. The average molecular weight is 559 g/mol. The number of carbonyl (C=O) groups is 2. The van der Waals surface area contributed by atoms with E-state index in [1.807, 2.05) is 84.9 Å². The number of hydrogen-bond donors (Lipinski definition) is 3. The smallest absolute Gasteiger partial charge is 0.407 e. The van der Waals surface area contributed by atoms with Gasteiger partial charge in [0.2, 0.25) is 0 Å². The van der Waals surface area contributed by atoms with Gasteiger partial charge in [-0.3, -0.25) is 4.79 Å². The maximum Gasteiger partial charge on any atom is 0.407 e. The number of Topliss-reactive ketones (excluding diaryl/α,β-unsaturated/α-hetero) is 1. The Bertz CT molecular complexity index is 1310. The number of fused-ring (bicyclic) bond motifs is 1. The van der Waals surface area contributed by atoms with Crippen molar-refractivity contribution in [2.24, 2.45) is 5.92 Å². The second kappa shape index (κ2) is 15.2. The second-order valence-electron chi connectivity index (χ2n) is 10.3. The van der Waals surface area contributed by atoms with Crippen molar-refractivity contribution in [3.63, 3.8) is 0 Å². The van der Waals surface area contributed by atoms with Crippen LogP contribution >= 0.6 is 11.8 Å². The molecule has 0 aliphatic rings. The molecule has 210 valence electrons. The summed E-state index contributed by atoms with van der Waals surface area (Å²) in [6, 6.07) is 27.0. The zero-order valence-electron chi connectivity index (χ0n) is 23.1. The SMILES string of the molecule is CC(C)CC(CNC(Cc1ccccc1)C(=O)CSCc1nc2ccccc2[nH]1)NC(=O)OCc1ccccc1. The molecule has 0 bridgehead atoms. The molecule has 1 amide bonds. The molecule has 2 unspecified atom stereocenters. The number of imidazole rings is 1. The van der Waals surface area contributed by atoms with Gasteiger partial charge in [-0.2, -0.15) is 0 Å². The molecule has 3 N–H and O–H groups in total. The minimum Gasteiger partial charge on any atom is -0.445 e. The number of benzene rings is 3. The van der Waals surface area contributed by atoms with Crippen LogP contribution in [0.2, 0.25) is 0 Å². The Hall–Kier alpha value is -3.62. The molecule has 40 heavy (non-hydrogen) atoms. The first-order valence-electron chi connectivity index (χ1n) is 13.7. The lowest BCUT2D eigenvalue weighted by Crippen LogP contribution is -2.48. The fourth-order valence-corrected chi connectivity index (χ4v) is 5.39. The topological polar surface area (TPSA) is 96.1 Å². The lowest BCUT2D eigenvalue weighted by Gasteiger charge is -2.24. The summed E-state index contributed by atoms with van der Waals surface area (Å²) in [5.41, 5.74) is 3.95. The van der Waals surface area contributed by atoms with Crippen LogP contribution in [0.15, 0.2) is 84.9 Å². The molecule has 0 fully saturated rings. The number of ether oxygens (including phenoxy) is 1. The van der Waals surface area contributed by atoms with Crippen LogP contribution in [0.25, 0.3) is 11.0 Å². The molecule has 0 radical (unpaired) electrons. The standard InChI is InChI=1S/C32H38N4O3S/c1-23(2)17-26(34-32(38)39-20-25-13-7-4-8-14-25)19-33-29(18-24-11-5-3-6-12-24)30(37)21-40-22-31-35-27-15-9-10-16-28(27)36-31/h3-16,23,26,29,33H,17-22H2,1-2H3,(H,34,38)(H,35,36). The summed E-state index contributed by atoms with van der Waals surface area (Å²) in [5, 5.41) is 6.47. The van der Waals surface area contributed by atoms with Gasteiger partial charge >= 0.3 is 6.09 Å². The van der Waals surface area contributed by atoms with Gasteiger partial charge in [0.1, 0.15) is 12.4 Å². The summed E-state index contributed by atoms with van der Waals surface area (Å²) in [4.78, 5) is 33.9. The Morgan fingerprint density at radius 3 is 2.30 bits per heavy atom. The zero-order chi connectivity index (χ0) is 28.2. The summed E-state index contributed by atoms with van der Waals surface area (Å²) in [7, 11) is 0. The van der Waals surface area contributed by atoms with Gasteiger partial charge in [-0.1, -0.05) is 86.6 Å². The first-order chi connectivity index (χ1) is 19.5. The number of aromatic amines is 1. The van der Waals surface area contributed by atoms with Crippen molar-refractivity contribution in [3.05, 3.63) is 102 Å². The fraction of sp³-hybridized carbons (Fsp3) is 0.344. The molecule has 0 aliphatic carbocycles. The van der Waals surface area contributed by atoms with E-state index in [2.05, 4.69) is 34.4 Å². The summed E-state index contributed by atoms with van der Waals surface area (Å²) in [6.07, 6.45) is 0.890. The lowest BCUT2D eigenvalue weighted by molar-refractivity contribution is -0.118. The molecular weight excluding hydrogens is 520 g/mol. The van der Waals surface area contributed by atoms with Crippen molar-refractivity contribution in [2.75, 3.05) is 12.3 Å². The van der Waals surface area contributed by atoms with Crippen molar-refractivity contribution in [2.45, 2.75) is 51.1 Å². The van der Waals surface area contributed by atoms with Crippen LogP contribution in [0, 0.1) is 5.92 Å². The largest absolute Gasteiger partial charge is 0.445 e. The Balaban J connectivity index is 1.34. The maximum absolute atomic E-state index is 13.4. The van der Waals surface area contributed by atoms with E-state index < -0.39 is 6.09 Å². The number of hydrogen-bond acceptors (Lipinski definition) is 6. The number of nitrogens with zero attached hydrogens (tertiary/aromatic N) is 1. The number of rotatable bonds is 15. The normalized spacial score (nSPS) is 12.8. The molecule has 8 heteroatoms. The Morgan fingerprint density at radius 1 is 0.925 bits per heavy atom. The van der Waals surface area contributed by atoms with Crippen LogP contribution in [0.4, 0.5) is 4.79 Å². The van der Waals surface area contributed by atoms with E-state index in [0.29, 0.717) is 30.4 Å². The van der Waals surface area contributed by atoms with Gasteiger partial charge in [-0.05, 0) is 42.0 Å². The number of aromatic nitrogens is 2. The van der Waals surface area contributed by atoms with Crippen molar-refractivity contribution in [1.82, 2.24) is 20.6 Å². The summed E-state index contributed by atoms with van der Waals surface area (Å²) in [6.45, 7) is 4.92. The van der Waals surface area contributed by atoms with E-state index in [1.54, 1.807) is 11.8 Å². The van der Waals surface area contributed by atoms with Crippen LogP contribution < -0.4 is 10.6 Å². The van der Waals surface area contributed by atoms with Crippen molar-refractivity contribution in [3.8, 4) is 0 Å². The first-order valence-corrected chi connectivity index (χ1v) is 14.9. The Morgan fingerprint density at radius 2 is 1.60 bits per heavy atom. The van der Waals surface area contributed by atoms with Gasteiger partial charge in [0.15, 0.2) is 5.78 Å². The van der Waals surface area contributed by atoms with Gasteiger partial charge in [0, 0.05) is 12.6 Å². The van der Waals surface area contributed by atoms with Gasteiger partial charge in [-0.25, -0.2) is 9.78 Å². The predicted octanol–water partition coefficient (Wildman–Crippen LogP) is 5.91. The molecule has 4 rings (SSSR count). The van der Waals surface area contributed by atoms with Gasteiger partial charge in [0.05, 0.1) is 28.6 Å². The van der Waals surface area contributed by atoms with Crippen LogP contribution in [0.5, 0.6) is 0 Å². The Kier molecular flexibility index (Phi) is 11.2. The third kappa shape index (κ3) is 9.54. The molecule has 2 atom stereocenters. The van der Waals surface area contributed by atoms with E-state index in [1.165, 1.54) is 0 Å². The third-order valence-electron chi connectivity index (χ3n) is 6.49. The number of H-pyrrole nitrogens is 1. The molecule has 1 aromatic heterocycles. The minimum atomic E-state index is -0.455. The molecule has 3 aromatic carbocycles. The number of carbonyl (C=O) groups excluding carboxylic acids is 2. The monoisotopic (exact) mass is 558 g/mol. The predicted molar refractivity (Wildman–Crippen MR) is 162 cm³/mol. The fourth-order valence-electron chi connectivity index (χ4n) is 4.55. The minimum absolute atomic E-state index is 0.125. The number of amides is 1. The van der Waals surface area contributed by atoms with Crippen LogP contribution in [-0.2, 0) is 28.3 Å². The van der Waals surface area contributed by atoms with Crippen LogP contribution in [0.1, 0.15) is 37.2 Å². The van der Waals surface area contributed by atoms with E-state index in [4.69, 9.17) is 4.74 Å². The number of thioether (sulfide) groups is 1. The van der Waals surface area contributed by atoms with Crippen molar-refractivity contribution < 1.29 is 14.3 Å². The van der Waals surface area contributed by atoms with Gasteiger partial charge in [-0.15, -0.1) is 11.8 Å². The molecule has 0 spiro atoms. The summed E-state index contributed by atoms with van der Waals surface area (Å²) in [5.74, 6) is 2.34. The number of ketones is 1. The van der Waals surface area contributed by atoms with E-state index >= 15 is 0 Å². The van der Waals surface area contributed by atoms with Crippen molar-refractivity contribution >= 4 is 34.7 Å². The molecule has 0 aliphatic heterocycles. The maximum atomic E-state index is 13.4. The van der Waals surface area contributed by atoms with Crippen LogP contribution in [-0.4, -0.2) is 46.2 Å². The highest BCUT2D eigenvalue weighted by molar-refractivity contribution is 7.99. The number of nitrogens with one attached hydrogen (secondary N) is 3. The Labute approximate surface area is 240 Å². The molecule has 7 nitrogen and oxygen atoms in total. The molecule has 0 saturated carbocycles.